The fourth-order valence-electron chi connectivity index (χ4n) is 2.54. The number of carbonyl (C=O) groups is 1. The first kappa shape index (κ1) is 16.3. The molecule has 1 amide bonds. The smallest absolute Gasteiger partial charge is 0.222 e. The number of amides is 1. The van der Waals surface area contributed by atoms with Crippen LogP contribution in [-0.4, -0.2) is 37.0 Å². The second kappa shape index (κ2) is 8.39. The van der Waals surface area contributed by atoms with Gasteiger partial charge >= 0.3 is 0 Å². The van der Waals surface area contributed by atoms with E-state index in [9.17, 15) is 4.79 Å². The Hall–Kier alpha value is -1.07. The van der Waals surface area contributed by atoms with Crippen molar-refractivity contribution in [3.05, 3.63) is 28.7 Å². The highest BCUT2D eigenvalue weighted by Crippen LogP contribution is 2.24. The van der Waals surface area contributed by atoms with Crippen molar-refractivity contribution >= 4 is 21.8 Å². The van der Waals surface area contributed by atoms with Gasteiger partial charge in [0.25, 0.3) is 0 Å². The molecule has 1 aromatic carbocycles. The molecule has 116 valence electrons. The predicted octanol–water partition coefficient (Wildman–Crippen LogP) is 2.81. The third-order valence-electron chi connectivity index (χ3n) is 3.93. The average Bonchev–Trinajstić information content (AvgIpc) is 2.53. The molecule has 2 N–H and O–H groups in total. The summed E-state index contributed by atoms with van der Waals surface area (Å²) < 4.78 is 6.62. The number of nitrogens with zero attached hydrogens (tertiary/aromatic N) is 1. The minimum absolute atomic E-state index is 0.237. The lowest BCUT2D eigenvalue weighted by atomic mass is 9.97. The van der Waals surface area contributed by atoms with E-state index in [2.05, 4.69) is 15.9 Å². The van der Waals surface area contributed by atoms with E-state index >= 15 is 0 Å². The summed E-state index contributed by atoms with van der Waals surface area (Å²) in [6.45, 7) is 3.01. The van der Waals surface area contributed by atoms with Crippen molar-refractivity contribution in [1.82, 2.24) is 4.90 Å². The van der Waals surface area contributed by atoms with Gasteiger partial charge < -0.3 is 15.4 Å². The van der Waals surface area contributed by atoms with Crippen LogP contribution in [0.4, 0.5) is 0 Å². The summed E-state index contributed by atoms with van der Waals surface area (Å²) in [6, 6.07) is 7.75. The molecule has 0 radical (unpaired) electrons. The molecule has 0 unspecified atom stereocenters. The van der Waals surface area contributed by atoms with Gasteiger partial charge in [0.1, 0.15) is 5.75 Å². The Kier molecular flexibility index (Phi) is 6.51. The lowest BCUT2D eigenvalue weighted by Gasteiger charge is -2.31. The van der Waals surface area contributed by atoms with Crippen LogP contribution in [0.5, 0.6) is 5.75 Å². The van der Waals surface area contributed by atoms with Crippen LogP contribution in [0.15, 0.2) is 28.7 Å². The summed E-state index contributed by atoms with van der Waals surface area (Å²) in [4.78, 5) is 14.1. The number of hydrogen-bond donors (Lipinski definition) is 1. The van der Waals surface area contributed by atoms with E-state index in [0.29, 0.717) is 18.9 Å². The van der Waals surface area contributed by atoms with Crippen LogP contribution in [-0.2, 0) is 4.79 Å². The quantitative estimate of drug-likeness (QED) is 0.799. The van der Waals surface area contributed by atoms with Crippen molar-refractivity contribution in [3.63, 3.8) is 0 Å². The van der Waals surface area contributed by atoms with Gasteiger partial charge in [-0.3, -0.25) is 4.79 Å². The van der Waals surface area contributed by atoms with E-state index in [1.54, 1.807) is 0 Å². The summed E-state index contributed by atoms with van der Waals surface area (Å²) in [6.07, 6.45) is 3.38. The number of piperidine rings is 1. The molecule has 1 saturated heterocycles. The minimum atomic E-state index is 0.237. The first-order valence-corrected chi connectivity index (χ1v) is 8.35. The number of carbonyl (C=O) groups excluding carboxylic acids is 1. The molecule has 4 nitrogen and oxygen atoms in total. The average molecular weight is 355 g/mol. The molecule has 1 aliphatic heterocycles. The third-order valence-corrected chi connectivity index (χ3v) is 4.58. The van der Waals surface area contributed by atoms with Gasteiger partial charge in [0.15, 0.2) is 0 Å². The molecule has 21 heavy (non-hydrogen) atoms. The van der Waals surface area contributed by atoms with Crippen LogP contribution >= 0.6 is 15.9 Å². The van der Waals surface area contributed by atoms with E-state index in [1.165, 1.54) is 0 Å². The van der Waals surface area contributed by atoms with E-state index in [-0.39, 0.29) is 5.91 Å². The Labute approximate surface area is 134 Å². The van der Waals surface area contributed by atoms with Crippen molar-refractivity contribution in [3.8, 4) is 5.75 Å². The first-order valence-electron chi connectivity index (χ1n) is 7.56. The summed E-state index contributed by atoms with van der Waals surface area (Å²) in [5.41, 5.74) is 5.67. The normalized spacial score (nSPS) is 16.0. The molecule has 1 heterocycles. The molecule has 0 aromatic heterocycles. The van der Waals surface area contributed by atoms with Gasteiger partial charge in [0.05, 0.1) is 11.1 Å². The van der Waals surface area contributed by atoms with Crippen molar-refractivity contribution in [2.24, 2.45) is 11.7 Å². The third kappa shape index (κ3) is 5.00. The number of rotatable bonds is 6. The summed E-state index contributed by atoms with van der Waals surface area (Å²) in [7, 11) is 0. The molecular weight excluding hydrogens is 332 g/mol. The molecular formula is C16H23BrN2O2. The lowest BCUT2D eigenvalue weighted by molar-refractivity contribution is -0.132. The topological polar surface area (TPSA) is 55.6 Å². The highest BCUT2D eigenvalue weighted by atomic mass is 79.9. The Bertz CT molecular complexity index is 459. The molecule has 1 aliphatic rings. The number of likely N-dealkylation sites (tertiary alicyclic amines) is 1. The highest BCUT2D eigenvalue weighted by Gasteiger charge is 2.21. The maximum atomic E-state index is 12.1. The Morgan fingerprint density at radius 2 is 2.05 bits per heavy atom. The van der Waals surface area contributed by atoms with E-state index in [1.807, 2.05) is 29.2 Å². The number of nitrogens with two attached hydrogens (primary N) is 1. The van der Waals surface area contributed by atoms with Crippen LogP contribution < -0.4 is 10.5 Å². The molecule has 0 bridgehead atoms. The van der Waals surface area contributed by atoms with Gasteiger partial charge in [-0.05, 0) is 59.8 Å². The molecule has 5 heteroatoms. The molecule has 2 rings (SSSR count). The van der Waals surface area contributed by atoms with Crippen LogP contribution in [0.3, 0.4) is 0 Å². The van der Waals surface area contributed by atoms with Crippen LogP contribution in [0.1, 0.15) is 25.7 Å². The van der Waals surface area contributed by atoms with Crippen molar-refractivity contribution < 1.29 is 9.53 Å². The number of halogens is 1. The molecule has 0 aliphatic carbocycles. The standard InChI is InChI=1S/C16H23BrN2O2/c17-14-4-1-2-5-15(14)21-11-3-6-16(20)19-9-7-13(12-18)8-10-19/h1-2,4-5,13H,3,6-12,18H2. The zero-order valence-electron chi connectivity index (χ0n) is 12.3. The number of hydrogen-bond acceptors (Lipinski definition) is 3. The Morgan fingerprint density at radius 1 is 1.33 bits per heavy atom. The van der Waals surface area contributed by atoms with Crippen LogP contribution in [0.2, 0.25) is 0 Å². The number of para-hydroxylation sites is 1. The summed E-state index contributed by atoms with van der Waals surface area (Å²) >= 11 is 3.44. The predicted molar refractivity (Wildman–Crippen MR) is 87.2 cm³/mol. The maximum Gasteiger partial charge on any atom is 0.222 e. The molecule has 1 fully saturated rings. The largest absolute Gasteiger partial charge is 0.492 e. The summed E-state index contributed by atoms with van der Waals surface area (Å²) in [5.74, 6) is 1.66. The zero-order chi connectivity index (χ0) is 15.1. The monoisotopic (exact) mass is 354 g/mol. The maximum absolute atomic E-state index is 12.1. The van der Waals surface area contributed by atoms with Crippen LogP contribution in [0, 0.1) is 5.92 Å². The molecule has 0 spiro atoms. The van der Waals surface area contributed by atoms with Gasteiger partial charge in [-0.25, -0.2) is 0 Å². The van der Waals surface area contributed by atoms with Gasteiger partial charge in [0.2, 0.25) is 5.91 Å². The highest BCUT2D eigenvalue weighted by molar-refractivity contribution is 9.10. The van der Waals surface area contributed by atoms with E-state index in [4.69, 9.17) is 10.5 Å². The first-order chi connectivity index (χ1) is 10.2. The minimum Gasteiger partial charge on any atom is -0.492 e. The van der Waals surface area contributed by atoms with Crippen molar-refractivity contribution in [2.45, 2.75) is 25.7 Å². The zero-order valence-corrected chi connectivity index (χ0v) is 13.8. The van der Waals surface area contributed by atoms with Crippen molar-refractivity contribution in [2.75, 3.05) is 26.2 Å². The van der Waals surface area contributed by atoms with Crippen LogP contribution in [0.25, 0.3) is 0 Å². The molecule has 0 saturated carbocycles. The van der Waals surface area contributed by atoms with E-state index < -0.39 is 0 Å². The Balaban J connectivity index is 1.65. The SMILES string of the molecule is NCC1CCN(C(=O)CCCOc2ccccc2Br)CC1. The number of benzene rings is 1. The summed E-state index contributed by atoms with van der Waals surface area (Å²) in [5, 5.41) is 0. The Morgan fingerprint density at radius 3 is 2.71 bits per heavy atom. The second-order valence-corrected chi connectivity index (χ2v) is 6.30. The fourth-order valence-corrected chi connectivity index (χ4v) is 2.94. The second-order valence-electron chi connectivity index (χ2n) is 5.44. The number of ether oxygens (including phenoxy) is 1. The fraction of sp³-hybridized carbons (Fsp3) is 0.562. The van der Waals surface area contributed by atoms with Gasteiger partial charge in [-0.1, -0.05) is 12.1 Å². The van der Waals surface area contributed by atoms with E-state index in [0.717, 1.165) is 49.1 Å². The molecule has 1 aromatic rings. The van der Waals surface area contributed by atoms with Gasteiger partial charge in [-0.15, -0.1) is 0 Å². The lowest BCUT2D eigenvalue weighted by Crippen LogP contribution is -2.40. The molecule has 0 atom stereocenters. The van der Waals surface area contributed by atoms with Gasteiger partial charge in [0, 0.05) is 19.5 Å². The van der Waals surface area contributed by atoms with Gasteiger partial charge in [-0.2, -0.15) is 0 Å². The van der Waals surface area contributed by atoms with Crippen molar-refractivity contribution in [1.29, 1.82) is 0 Å².